The van der Waals surface area contributed by atoms with E-state index in [0.717, 1.165) is 22.6 Å². The zero-order chi connectivity index (χ0) is 21.1. The average molecular weight is 424 g/mol. The second-order valence-electron chi connectivity index (χ2n) is 7.74. The predicted molar refractivity (Wildman–Crippen MR) is 116 cm³/mol. The lowest BCUT2D eigenvalue weighted by Gasteiger charge is -2.36. The first-order valence-corrected chi connectivity index (χ1v) is 11.0. The Balaban J connectivity index is 1.61. The summed E-state index contributed by atoms with van der Waals surface area (Å²) in [6.45, 7) is 4.05. The molecule has 6 nitrogen and oxygen atoms in total. The Morgan fingerprint density at radius 1 is 1.27 bits per heavy atom. The van der Waals surface area contributed by atoms with Gasteiger partial charge in [-0.15, -0.1) is 11.3 Å². The second-order valence-corrected chi connectivity index (χ2v) is 8.72. The minimum absolute atomic E-state index is 0.103. The van der Waals surface area contributed by atoms with Gasteiger partial charge in [-0.2, -0.15) is 0 Å². The van der Waals surface area contributed by atoms with E-state index in [-0.39, 0.29) is 17.9 Å². The van der Waals surface area contributed by atoms with Gasteiger partial charge in [-0.25, -0.2) is 0 Å². The number of benzene rings is 1. The molecule has 0 bridgehead atoms. The molecule has 3 heterocycles. The van der Waals surface area contributed by atoms with Crippen molar-refractivity contribution < 1.29 is 14.1 Å². The molecule has 30 heavy (non-hydrogen) atoms. The highest BCUT2D eigenvalue weighted by atomic mass is 32.1. The Morgan fingerprint density at radius 3 is 2.77 bits per heavy atom. The smallest absolute Gasteiger partial charge is 0.246 e. The number of hydrogen-bond acceptors (Lipinski definition) is 5. The van der Waals surface area contributed by atoms with Gasteiger partial charge in [0.1, 0.15) is 17.0 Å². The number of carbonyl (C=O) groups is 2. The largest absolute Gasteiger partial charge is 0.361 e. The lowest BCUT2D eigenvalue weighted by molar-refractivity contribution is -0.144. The SMILES string of the molecule is CC(=O)N1CCC[C@@]1(Cc1cc(-c2ccccc2)no1)C(=O)N[C@H](C)c1cccs1. The Hall–Kier alpha value is -2.93. The first-order valence-electron chi connectivity index (χ1n) is 10.1. The van der Waals surface area contributed by atoms with E-state index in [0.29, 0.717) is 25.1 Å². The summed E-state index contributed by atoms with van der Waals surface area (Å²) in [7, 11) is 0. The van der Waals surface area contributed by atoms with E-state index in [1.807, 2.05) is 60.8 Å². The molecule has 1 fully saturated rings. The van der Waals surface area contributed by atoms with Crippen LogP contribution in [-0.4, -0.2) is 34.0 Å². The Morgan fingerprint density at radius 2 is 2.07 bits per heavy atom. The molecule has 1 N–H and O–H groups in total. The van der Waals surface area contributed by atoms with Gasteiger partial charge >= 0.3 is 0 Å². The molecule has 2 aromatic heterocycles. The summed E-state index contributed by atoms with van der Waals surface area (Å²) in [6, 6.07) is 15.5. The molecular formula is C23H25N3O3S. The Bertz CT molecular complexity index is 1020. The van der Waals surface area contributed by atoms with E-state index in [2.05, 4.69) is 10.5 Å². The van der Waals surface area contributed by atoms with Crippen LogP contribution in [0.2, 0.25) is 0 Å². The van der Waals surface area contributed by atoms with Gasteiger partial charge in [-0.3, -0.25) is 9.59 Å². The highest BCUT2D eigenvalue weighted by Crippen LogP contribution is 2.35. The average Bonchev–Trinajstić information content (AvgIpc) is 3.50. The molecule has 1 saturated heterocycles. The monoisotopic (exact) mass is 423 g/mol. The quantitative estimate of drug-likeness (QED) is 0.645. The molecule has 0 aliphatic carbocycles. The highest BCUT2D eigenvalue weighted by molar-refractivity contribution is 7.10. The molecule has 2 amide bonds. The number of carbonyl (C=O) groups excluding carboxylic acids is 2. The zero-order valence-corrected chi connectivity index (χ0v) is 17.9. The fourth-order valence-electron chi connectivity index (χ4n) is 4.21. The van der Waals surface area contributed by atoms with Crippen LogP contribution in [-0.2, 0) is 16.0 Å². The van der Waals surface area contributed by atoms with Gasteiger partial charge in [0.25, 0.3) is 0 Å². The van der Waals surface area contributed by atoms with Gasteiger partial charge in [-0.05, 0) is 31.2 Å². The van der Waals surface area contributed by atoms with Crippen molar-refractivity contribution in [2.45, 2.75) is 44.7 Å². The third-order valence-electron chi connectivity index (χ3n) is 5.70. The van der Waals surface area contributed by atoms with Gasteiger partial charge in [0, 0.05) is 36.4 Å². The van der Waals surface area contributed by atoms with Crippen molar-refractivity contribution in [2.75, 3.05) is 6.54 Å². The van der Waals surface area contributed by atoms with Crippen LogP contribution < -0.4 is 5.32 Å². The summed E-state index contributed by atoms with van der Waals surface area (Å²) in [5, 5.41) is 9.30. The van der Waals surface area contributed by atoms with Crippen molar-refractivity contribution in [2.24, 2.45) is 0 Å². The molecule has 4 rings (SSSR count). The number of thiophene rings is 1. The molecule has 0 saturated carbocycles. The predicted octanol–water partition coefficient (Wildman–Crippen LogP) is 4.20. The van der Waals surface area contributed by atoms with E-state index in [4.69, 9.17) is 4.52 Å². The van der Waals surface area contributed by atoms with Crippen LogP contribution in [0.3, 0.4) is 0 Å². The summed E-state index contributed by atoms with van der Waals surface area (Å²) in [6.07, 6.45) is 1.67. The van der Waals surface area contributed by atoms with Crippen molar-refractivity contribution in [3.8, 4) is 11.3 Å². The molecule has 7 heteroatoms. The topological polar surface area (TPSA) is 75.4 Å². The molecular weight excluding hydrogens is 398 g/mol. The molecule has 156 valence electrons. The number of likely N-dealkylation sites (tertiary alicyclic amines) is 1. The Kier molecular flexibility index (Phi) is 5.72. The van der Waals surface area contributed by atoms with Crippen molar-refractivity contribution in [1.82, 2.24) is 15.4 Å². The number of rotatable bonds is 6. The summed E-state index contributed by atoms with van der Waals surface area (Å²) >= 11 is 1.60. The summed E-state index contributed by atoms with van der Waals surface area (Å²) in [4.78, 5) is 28.7. The minimum atomic E-state index is -0.967. The molecule has 2 atom stereocenters. The van der Waals surface area contributed by atoms with Crippen LogP contribution in [0.1, 0.15) is 43.4 Å². The number of nitrogens with zero attached hydrogens (tertiary/aromatic N) is 2. The fourth-order valence-corrected chi connectivity index (χ4v) is 4.94. The molecule has 0 spiro atoms. The van der Waals surface area contributed by atoms with Gasteiger partial charge in [0.15, 0.2) is 0 Å². The third kappa shape index (κ3) is 3.89. The maximum atomic E-state index is 13.5. The van der Waals surface area contributed by atoms with Gasteiger partial charge in [-0.1, -0.05) is 41.6 Å². The minimum Gasteiger partial charge on any atom is -0.361 e. The van der Waals surface area contributed by atoms with E-state index >= 15 is 0 Å². The lowest BCUT2D eigenvalue weighted by Crippen LogP contribution is -2.58. The number of nitrogens with one attached hydrogen (secondary N) is 1. The Labute approximate surface area is 179 Å². The lowest BCUT2D eigenvalue weighted by atomic mass is 9.88. The van der Waals surface area contributed by atoms with Gasteiger partial charge in [0.05, 0.1) is 6.04 Å². The molecule has 0 unspecified atom stereocenters. The molecule has 1 aliphatic heterocycles. The third-order valence-corrected chi connectivity index (χ3v) is 6.76. The van der Waals surface area contributed by atoms with E-state index in [1.54, 1.807) is 16.2 Å². The second kappa shape index (κ2) is 8.44. The molecule has 1 aromatic carbocycles. The van der Waals surface area contributed by atoms with E-state index < -0.39 is 5.54 Å². The summed E-state index contributed by atoms with van der Waals surface area (Å²) < 4.78 is 5.60. The van der Waals surface area contributed by atoms with Crippen LogP contribution in [0, 0.1) is 0 Å². The molecule has 0 radical (unpaired) electrons. The highest BCUT2D eigenvalue weighted by Gasteiger charge is 2.49. The first-order chi connectivity index (χ1) is 14.5. The van der Waals surface area contributed by atoms with E-state index in [9.17, 15) is 9.59 Å². The first kappa shape index (κ1) is 20.3. The normalized spacial score (nSPS) is 19.6. The molecule has 1 aliphatic rings. The van der Waals surface area contributed by atoms with Crippen LogP contribution in [0.4, 0.5) is 0 Å². The number of aromatic nitrogens is 1. The summed E-state index contributed by atoms with van der Waals surface area (Å²) in [5.74, 6) is 0.351. The van der Waals surface area contributed by atoms with Crippen molar-refractivity contribution in [3.05, 3.63) is 64.5 Å². The fraction of sp³-hybridized carbons (Fsp3) is 0.348. The van der Waals surface area contributed by atoms with Crippen LogP contribution in [0.5, 0.6) is 0 Å². The summed E-state index contributed by atoms with van der Waals surface area (Å²) in [5.41, 5.74) is 0.706. The molecule has 3 aromatic rings. The van der Waals surface area contributed by atoms with Crippen LogP contribution in [0.15, 0.2) is 58.4 Å². The number of hydrogen-bond donors (Lipinski definition) is 1. The van der Waals surface area contributed by atoms with E-state index in [1.165, 1.54) is 6.92 Å². The standard InChI is InChI=1S/C23H25N3O3S/c1-16(21-10-6-13-30-21)24-22(28)23(11-7-12-26(23)17(2)27)15-19-14-20(25-29-19)18-8-4-3-5-9-18/h3-6,8-10,13-14,16H,7,11-12,15H2,1-2H3,(H,24,28)/t16-,23-/m1/s1. The zero-order valence-electron chi connectivity index (χ0n) is 17.1. The van der Waals surface area contributed by atoms with Crippen LogP contribution >= 0.6 is 11.3 Å². The maximum Gasteiger partial charge on any atom is 0.246 e. The van der Waals surface area contributed by atoms with Crippen molar-refractivity contribution in [3.63, 3.8) is 0 Å². The van der Waals surface area contributed by atoms with Crippen molar-refractivity contribution >= 4 is 23.2 Å². The van der Waals surface area contributed by atoms with Gasteiger partial charge < -0.3 is 14.7 Å². The van der Waals surface area contributed by atoms with Gasteiger partial charge in [0.2, 0.25) is 11.8 Å². The maximum absolute atomic E-state index is 13.5. The number of amides is 2. The van der Waals surface area contributed by atoms with Crippen LogP contribution in [0.25, 0.3) is 11.3 Å². The van der Waals surface area contributed by atoms with Crippen molar-refractivity contribution in [1.29, 1.82) is 0 Å².